The number of carbonyl (C=O) groups is 1. The molecule has 6 heteroatoms. The molecule has 0 saturated heterocycles. The van der Waals surface area contributed by atoms with E-state index in [9.17, 15) is 4.79 Å². The number of nitrogens with two attached hydrogens (primary N) is 1. The Kier molecular flexibility index (Phi) is 12.9. The van der Waals surface area contributed by atoms with Crippen molar-refractivity contribution in [2.45, 2.75) is 44.7 Å². The fourth-order valence-electron chi connectivity index (χ4n) is 2.32. The minimum absolute atomic E-state index is 0. The van der Waals surface area contributed by atoms with E-state index in [1.54, 1.807) is 0 Å². The standard InChI is InChI=1S/C16H27N4O.Y/c1-13(12-14-8-4-3-5-9-14)20-16(21)15(18-2)10-6-7-11-19-17;/h3-5,8-9,13,15,18H,6-7,10-12,17H2,1-2H3,(H,20,21);/q-1;. The molecule has 1 aromatic rings. The Balaban J connectivity index is 0.00000441. The quantitative estimate of drug-likeness (QED) is 0.329. The van der Waals surface area contributed by atoms with Gasteiger partial charge in [0.05, 0.1) is 6.04 Å². The van der Waals surface area contributed by atoms with E-state index >= 15 is 0 Å². The van der Waals surface area contributed by atoms with Gasteiger partial charge in [-0.3, -0.25) is 4.79 Å². The van der Waals surface area contributed by atoms with E-state index < -0.39 is 0 Å². The summed E-state index contributed by atoms with van der Waals surface area (Å²) in [5, 5.41) is 6.14. The molecule has 4 N–H and O–H groups in total. The molecule has 0 aromatic heterocycles. The van der Waals surface area contributed by atoms with Crippen LogP contribution in [0.5, 0.6) is 0 Å². The topological polar surface area (TPSA) is 81.2 Å². The van der Waals surface area contributed by atoms with E-state index in [4.69, 9.17) is 5.84 Å². The molecule has 0 fully saturated rings. The van der Waals surface area contributed by atoms with Crippen molar-refractivity contribution < 1.29 is 37.5 Å². The van der Waals surface area contributed by atoms with Crippen molar-refractivity contribution in [3.63, 3.8) is 0 Å². The summed E-state index contributed by atoms with van der Waals surface area (Å²) < 4.78 is 0. The summed E-state index contributed by atoms with van der Waals surface area (Å²) in [4.78, 5) is 12.2. The second-order valence-electron chi connectivity index (χ2n) is 5.34. The molecule has 121 valence electrons. The van der Waals surface area contributed by atoms with Crippen molar-refractivity contribution >= 4 is 5.91 Å². The van der Waals surface area contributed by atoms with Crippen LogP contribution >= 0.6 is 0 Å². The summed E-state index contributed by atoms with van der Waals surface area (Å²) in [6, 6.07) is 10.2. The molecule has 0 bridgehead atoms. The Morgan fingerprint density at radius 1 is 1.27 bits per heavy atom. The summed E-state index contributed by atoms with van der Waals surface area (Å²) >= 11 is 0. The van der Waals surface area contributed by atoms with Crippen LogP contribution in [-0.4, -0.2) is 31.6 Å². The molecule has 2 unspecified atom stereocenters. The van der Waals surface area contributed by atoms with Gasteiger partial charge in [-0.05, 0) is 32.4 Å². The number of nitrogens with zero attached hydrogens (tertiary/aromatic N) is 1. The van der Waals surface area contributed by atoms with Gasteiger partial charge in [0.2, 0.25) is 5.91 Å². The first-order chi connectivity index (χ1) is 10.2. The molecule has 1 aromatic carbocycles. The van der Waals surface area contributed by atoms with Crippen LogP contribution in [0.4, 0.5) is 0 Å². The molecule has 1 rings (SSSR count). The van der Waals surface area contributed by atoms with Crippen molar-refractivity contribution in [1.82, 2.24) is 10.6 Å². The molecular formula is C16H27N4OY-. The van der Waals surface area contributed by atoms with E-state index in [0.29, 0.717) is 6.54 Å². The zero-order valence-electron chi connectivity index (χ0n) is 13.6. The Hall–Kier alpha value is -0.326. The van der Waals surface area contributed by atoms with E-state index in [1.165, 1.54) is 5.56 Å². The van der Waals surface area contributed by atoms with E-state index in [0.717, 1.165) is 25.7 Å². The Bertz CT molecular complexity index is 402. The average Bonchev–Trinajstić information content (AvgIpc) is 2.48. The molecule has 1 radical (unpaired) electrons. The minimum Gasteiger partial charge on any atom is -0.600 e. The van der Waals surface area contributed by atoms with E-state index in [2.05, 4.69) is 28.2 Å². The summed E-state index contributed by atoms with van der Waals surface area (Å²) in [6.45, 7) is 2.69. The Morgan fingerprint density at radius 3 is 2.55 bits per heavy atom. The van der Waals surface area contributed by atoms with Gasteiger partial charge in [-0.15, -0.1) is 6.54 Å². The van der Waals surface area contributed by atoms with Crippen LogP contribution in [0.25, 0.3) is 5.43 Å². The number of amides is 1. The molecule has 22 heavy (non-hydrogen) atoms. The van der Waals surface area contributed by atoms with Crippen molar-refractivity contribution in [3.8, 4) is 0 Å². The molecule has 0 aliphatic carbocycles. The first kappa shape index (κ1) is 21.7. The number of nitrogens with one attached hydrogen (secondary N) is 2. The summed E-state index contributed by atoms with van der Waals surface area (Å²) in [5.74, 6) is 5.17. The molecule has 0 saturated carbocycles. The third-order valence-electron chi connectivity index (χ3n) is 3.47. The molecule has 2 atom stereocenters. The van der Waals surface area contributed by atoms with Gasteiger partial charge in [-0.25, -0.2) is 0 Å². The molecule has 0 aliphatic heterocycles. The SMILES string of the molecule is CNC(CCCC[N-]N)C(=O)NC(C)Cc1ccccc1.[Y]. The first-order valence-corrected chi connectivity index (χ1v) is 7.55. The third-order valence-corrected chi connectivity index (χ3v) is 3.47. The number of carbonyl (C=O) groups excluding carboxylic acids is 1. The second kappa shape index (κ2) is 13.1. The monoisotopic (exact) mass is 380 g/mol. The van der Waals surface area contributed by atoms with Crippen LogP contribution < -0.4 is 16.5 Å². The summed E-state index contributed by atoms with van der Waals surface area (Å²) in [5.41, 5.74) is 4.81. The van der Waals surface area contributed by atoms with Crippen LogP contribution in [0, 0.1) is 0 Å². The van der Waals surface area contributed by atoms with Crippen LogP contribution in [0.1, 0.15) is 31.7 Å². The van der Waals surface area contributed by atoms with E-state index in [-0.39, 0.29) is 50.7 Å². The zero-order chi connectivity index (χ0) is 15.5. The summed E-state index contributed by atoms with van der Waals surface area (Å²) in [6.07, 6.45) is 3.50. The van der Waals surface area contributed by atoms with Crippen LogP contribution in [-0.2, 0) is 43.9 Å². The fraction of sp³-hybridized carbons (Fsp3) is 0.562. The minimum atomic E-state index is -0.152. The normalized spacial score (nSPS) is 13.0. The molecular weight excluding hydrogens is 353 g/mol. The second-order valence-corrected chi connectivity index (χ2v) is 5.34. The predicted octanol–water partition coefficient (Wildman–Crippen LogP) is 1.74. The van der Waals surface area contributed by atoms with Gasteiger partial charge in [0.1, 0.15) is 0 Å². The molecule has 1 amide bonds. The smallest absolute Gasteiger partial charge is 0.237 e. The fourth-order valence-corrected chi connectivity index (χ4v) is 2.32. The van der Waals surface area contributed by atoms with Gasteiger partial charge < -0.3 is 21.9 Å². The molecule has 0 aliphatic rings. The van der Waals surface area contributed by atoms with Gasteiger partial charge in [0.25, 0.3) is 0 Å². The summed E-state index contributed by atoms with van der Waals surface area (Å²) in [7, 11) is 1.82. The number of hydrogen-bond donors (Lipinski definition) is 3. The molecule has 0 heterocycles. The van der Waals surface area contributed by atoms with E-state index in [1.807, 2.05) is 32.2 Å². The Morgan fingerprint density at radius 2 is 1.95 bits per heavy atom. The van der Waals surface area contributed by atoms with Crippen LogP contribution in [0.15, 0.2) is 30.3 Å². The third kappa shape index (κ3) is 8.96. The number of likely N-dealkylation sites (N-methyl/N-ethyl adjacent to an activating group) is 1. The Labute approximate surface area is 159 Å². The maximum atomic E-state index is 12.2. The number of unbranched alkanes of at least 4 members (excludes halogenated alkanes) is 1. The maximum Gasteiger partial charge on any atom is 0.237 e. The maximum absolute atomic E-state index is 12.2. The van der Waals surface area contributed by atoms with Gasteiger partial charge >= 0.3 is 0 Å². The van der Waals surface area contributed by atoms with Crippen molar-refractivity contribution in [2.24, 2.45) is 5.84 Å². The van der Waals surface area contributed by atoms with Crippen molar-refractivity contribution in [1.29, 1.82) is 0 Å². The van der Waals surface area contributed by atoms with Gasteiger partial charge in [-0.2, -0.15) is 0 Å². The van der Waals surface area contributed by atoms with Crippen molar-refractivity contribution in [3.05, 3.63) is 41.3 Å². The van der Waals surface area contributed by atoms with Crippen LogP contribution in [0.2, 0.25) is 0 Å². The molecule has 0 spiro atoms. The number of benzene rings is 1. The predicted molar refractivity (Wildman–Crippen MR) is 86.9 cm³/mol. The van der Waals surface area contributed by atoms with Crippen molar-refractivity contribution in [2.75, 3.05) is 13.6 Å². The van der Waals surface area contributed by atoms with Gasteiger partial charge in [0, 0.05) is 38.8 Å². The van der Waals surface area contributed by atoms with Gasteiger partial charge in [-0.1, -0.05) is 43.2 Å². The number of rotatable bonds is 10. The average molecular weight is 380 g/mol. The van der Waals surface area contributed by atoms with Crippen LogP contribution in [0.3, 0.4) is 0 Å². The molecule has 5 nitrogen and oxygen atoms in total. The zero-order valence-corrected chi connectivity index (χ0v) is 16.4. The first-order valence-electron chi connectivity index (χ1n) is 7.55. The largest absolute Gasteiger partial charge is 0.600 e. The number of hydrogen-bond acceptors (Lipinski definition) is 3. The van der Waals surface area contributed by atoms with Gasteiger partial charge in [0.15, 0.2) is 0 Å².